The maximum atomic E-state index is 14.7. The van der Waals surface area contributed by atoms with Crippen molar-refractivity contribution in [1.82, 2.24) is 4.90 Å². The van der Waals surface area contributed by atoms with E-state index < -0.39 is 17.6 Å². The summed E-state index contributed by atoms with van der Waals surface area (Å²) >= 11 is 0. The average Bonchev–Trinajstić information content (AvgIpc) is 2.92. The highest BCUT2D eigenvalue weighted by Crippen LogP contribution is 2.40. The molecule has 2 aliphatic heterocycles. The van der Waals surface area contributed by atoms with Gasteiger partial charge in [-0.1, -0.05) is 18.2 Å². The number of carbonyl (C=O) groups is 1. The molecule has 0 bridgehead atoms. The largest absolute Gasteiger partial charge is 0.508 e. The van der Waals surface area contributed by atoms with Crippen molar-refractivity contribution in [3.05, 3.63) is 77.6 Å². The number of rotatable bonds is 3. The zero-order chi connectivity index (χ0) is 28.2. The molecule has 1 fully saturated rings. The number of methoxy groups -OCH3 is 1. The molecule has 0 spiro atoms. The van der Waals surface area contributed by atoms with Gasteiger partial charge in [-0.2, -0.15) is 13.2 Å². The van der Waals surface area contributed by atoms with Crippen LogP contribution >= 0.6 is 0 Å². The summed E-state index contributed by atoms with van der Waals surface area (Å²) in [6.45, 7) is 3.74. The van der Waals surface area contributed by atoms with Gasteiger partial charge in [0, 0.05) is 43.5 Å². The first kappa shape index (κ1) is 27.7. The number of aldehydes is 1. The van der Waals surface area contributed by atoms with Gasteiger partial charge < -0.3 is 29.3 Å². The van der Waals surface area contributed by atoms with E-state index in [2.05, 4.69) is 9.89 Å². The first-order valence-electron chi connectivity index (χ1n) is 12.2. The molecule has 3 aromatic carbocycles. The number of nitrogens with zero attached hydrogens (tertiary/aromatic N) is 4. The number of hydrogen-bond acceptors (Lipinski definition) is 7. The van der Waals surface area contributed by atoms with Gasteiger partial charge in [0.25, 0.3) is 0 Å². The Bertz CT molecular complexity index is 1350. The summed E-state index contributed by atoms with van der Waals surface area (Å²) in [4.78, 5) is 19.1. The Morgan fingerprint density at radius 3 is 2.28 bits per heavy atom. The first-order chi connectivity index (χ1) is 18.7. The minimum Gasteiger partial charge on any atom is -0.508 e. The van der Waals surface area contributed by atoms with Crippen LogP contribution in [0.2, 0.25) is 0 Å². The smallest absolute Gasteiger partial charge is 0.416 e. The monoisotopic (exact) mass is 544 g/mol. The standard InChI is InChI=1S/C26H24F4N4O2.C2H4O/c1-36-23-9-8-18(26(28,29)30)14-22(23)34-16-17-4-2-7-21(27)24(17)31-25(34)33-12-10-32(11-13-33)19-5-3-6-20(35)15-19;1-2-3/h2-9,14-15,35H,10-13,16H2,1H3;2H,1H3. The number of aromatic hydroxyl groups is 1. The van der Waals surface area contributed by atoms with Crippen LogP contribution in [0.25, 0.3) is 0 Å². The van der Waals surface area contributed by atoms with Crippen molar-refractivity contribution in [2.75, 3.05) is 43.1 Å². The fraction of sp³-hybridized carbons (Fsp3) is 0.286. The van der Waals surface area contributed by atoms with Crippen molar-refractivity contribution in [2.24, 2.45) is 4.99 Å². The van der Waals surface area contributed by atoms with E-state index in [0.717, 1.165) is 24.1 Å². The van der Waals surface area contributed by atoms with Crippen LogP contribution in [0.1, 0.15) is 18.1 Å². The number of phenols is 1. The van der Waals surface area contributed by atoms with Crippen molar-refractivity contribution in [3.63, 3.8) is 0 Å². The Balaban J connectivity index is 0.00000112. The predicted molar refractivity (Wildman–Crippen MR) is 141 cm³/mol. The molecule has 0 atom stereocenters. The number of fused-ring (bicyclic) bond motifs is 1. The van der Waals surface area contributed by atoms with Crippen LogP contribution in [0.5, 0.6) is 11.5 Å². The molecule has 1 N–H and O–H groups in total. The van der Waals surface area contributed by atoms with Crippen LogP contribution in [-0.2, 0) is 17.5 Å². The highest BCUT2D eigenvalue weighted by atomic mass is 19.4. The molecule has 7 nitrogen and oxygen atoms in total. The third-order valence-electron chi connectivity index (χ3n) is 6.41. The lowest BCUT2D eigenvalue weighted by atomic mass is 10.1. The molecule has 0 radical (unpaired) electrons. The van der Waals surface area contributed by atoms with Gasteiger partial charge in [-0.05, 0) is 43.3 Å². The summed E-state index contributed by atoms with van der Waals surface area (Å²) in [7, 11) is 1.40. The summed E-state index contributed by atoms with van der Waals surface area (Å²) in [6, 6.07) is 14.9. The van der Waals surface area contributed by atoms with Crippen molar-refractivity contribution in [3.8, 4) is 11.5 Å². The molecule has 0 amide bonds. The lowest BCUT2D eigenvalue weighted by Crippen LogP contribution is -2.54. The van der Waals surface area contributed by atoms with E-state index in [1.165, 1.54) is 26.2 Å². The number of para-hydroxylation sites is 1. The Kier molecular flexibility index (Phi) is 8.27. The summed E-state index contributed by atoms with van der Waals surface area (Å²) < 4.78 is 60.8. The van der Waals surface area contributed by atoms with Crippen LogP contribution in [0.3, 0.4) is 0 Å². The van der Waals surface area contributed by atoms with Gasteiger partial charge in [0.15, 0.2) is 0 Å². The molecule has 0 unspecified atom stereocenters. The van der Waals surface area contributed by atoms with Crippen molar-refractivity contribution in [2.45, 2.75) is 19.6 Å². The van der Waals surface area contributed by atoms with E-state index in [4.69, 9.17) is 9.53 Å². The van der Waals surface area contributed by atoms with E-state index in [1.807, 2.05) is 11.0 Å². The van der Waals surface area contributed by atoms with Gasteiger partial charge in [0.05, 0.1) is 24.9 Å². The third-order valence-corrected chi connectivity index (χ3v) is 6.41. The molecule has 11 heteroatoms. The van der Waals surface area contributed by atoms with Gasteiger partial charge in [-0.15, -0.1) is 0 Å². The molecular weight excluding hydrogens is 516 g/mol. The second-order valence-electron chi connectivity index (χ2n) is 8.86. The van der Waals surface area contributed by atoms with Crippen LogP contribution in [0.15, 0.2) is 65.7 Å². The summed E-state index contributed by atoms with van der Waals surface area (Å²) in [5.41, 5.74) is 1.02. The lowest BCUT2D eigenvalue weighted by molar-refractivity contribution is -0.137. The number of carbonyl (C=O) groups excluding carboxylic acids is 1. The zero-order valence-corrected chi connectivity index (χ0v) is 21.5. The number of guanidine groups is 1. The number of benzene rings is 3. The second-order valence-corrected chi connectivity index (χ2v) is 8.86. The van der Waals surface area contributed by atoms with Gasteiger partial charge >= 0.3 is 6.18 Å². The highest BCUT2D eigenvalue weighted by Gasteiger charge is 2.35. The van der Waals surface area contributed by atoms with Crippen molar-refractivity contribution >= 4 is 29.3 Å². The molecular formula is C28H28F4N4O3. The number of halogens is 4. The first-order valence-corrected chi connectivity index (χ1v) is 12.2. The second kappa shape index (κ2) is 11.6. The average molecular weight is 545 g/mol. The van der Waals surface area contributed by atoms with Gasteiger partial charge in [0.1, 0.15) is 29.3 Å². The van der Waals surface area contributed by atoms with Crippen LogP contribution in [0.4, 0.5) is 34.6 Å². The summed E-state index contributed by atoms with van der Waals surface area (Å²) in [5, 5.41) is 9.82. The number of alkyl halides is 3. The number of piperazine rings is 1. The SMILES string of the molecule is CC=O.COc1ccc(C(F)(F)F)cc1N1Cc2cccc(F)c2N=C1N1CCN(c2cccc(O)c2)CC1. The van der Waals surface area contributed by atoms with Gasteiger partial charge in [-0.3, -0.25) is 0 Å². The maximum absolute atomic E-state index is 14.7. The van der Waals surface area contributed by atoms with E-state index in [-0.39, 0.29) is 29.4 Å². The Hall–Kier alpha value is -4.28. The molecule has 39 heavy (non-hydrogen) atoms. The van der Waals surface area contributed by atoms with Crippen LogP contribution in [-0.4, -0.2) is 55.5 Å². The lowest BCUT2D eigenvalue weighted by Gasteiger charge is -2.42. The number of hydrogen-bond donors (Lipinski definition) is 1. The molecule has 1 saturated heterocycles. The number of ether oxygens (including phenoxy) is 1. The third kappa shape index (κ3) is 6.08. The normalized spacial score (nSPS) is 15.1. The molecule has 0 saturated carbocycles. The van der Waals surface area contributed by atoms with Crippen molar-refractivity contribution in [1.29, 1.82) is 0 Å². The molecule has 0 aliphatic carbocycles. The predicted octanol–water partition coefficient (Wildman–Crippen LogP) is 5.59. The quantitative estimate of drug-likeness (QED) is 0.342. The van der Waals surface area contributed by atoms with Crippen LogP contribution in [0, 0.1) is 5.82 Å². The summed E-state index contributed by atoms with van der Waals surface area (Å²) in [6.07, 6.45) is -3.79. The maximum Gasteiger partial charge on any atom is 0.416 e. The molecule has 206 valence electrons. The Morgan fingerprint density at radius 1 is 0.974 bits per heavy atom. The van der Waals surface area contributed by atoms with Gasteiger partial charge in [-0.25, -0.2) is 9.38 Å². The number of aliphatic imine (C=N–C) groups is 1. The molecule has 5 rings (SSSR count). The zero-order valence-electron chi connectivity index (χ0n) is 21.5. The fourth-order valence-corrected chi connectivity index (χ4v) is 4.58. The molecule has 2 heterocycles. The van der Waals surface area contributed by atoms with E-state index >= 15 is 0 Å². The number of phenolic OH excluding ortho intramolecular Hbond substituents is 1. The van der Waals surface area contributed by atoms with E-state index in [0.29, 0.717) is 37.7 Å². The van der Waals surface area contributed by atoms with Crippen LogP contribution < -0.4 is 14.5 Å². The van der Waals surface area contributed by atoms with E-state index in [1.54, 1.807) is 35.2 Å². The fourth-order valence-electron chi connectivity index (χ4n) is 4.58. The summed E-state index contributed by atoms with van der Waals surface area (Å²) in [5.74, 6) is 0.301. The van der Waals surface area contributed by atoms with Crippen molar-refractivity contribution < 1.29 is 32.2 Å². The highest BCUT2D eigenvalue weighted by molar-refractivity contribution is 6.00. The van der Waals surface area contributed by atoms with E-state index in [9.17, 15) is 22.7 Å². The Labute approximate surface area is 223 Å². The topological polar surface area (TPSA) is 68.6 Å². The Morgan fingerprint density at radius 2 is 1.64 bits per heavy atom. The molecule has 0 aromatic heterocycles. The van der Waals surface area contributed by atoms with Gasteiger partial charge in [0.2, 0.25) is 5.96 Å². The minimum absolute atomic E-state index is 0.135. The minimum atomic E-state index is -4.54. The molecule has 3 aromatic rings. The number of anilines is 2. The molecule has 2 aliphatic rings.